The molecule has 2 aromatic rings. The molecule has 0 heterocycles. The zero-order valence-electron chi connectivity index (χ0n) is 13.3. The van der Waals surface area contributed by atoms with Gasteiger partial charge in [0.05, 0.1) is 6.61 Å². The Morgan fingerprint density at radius 1 is 1.09 bits per heavy atom. The van der Waals surface area contributed by atoms with Gasteiger partial charge in [-0.05, 0) is 42.2 Å². The first-order chi connectivity index (χ1) is 11.0. The second-order valence-electron chi connectivity index (χ2n) is 5.57. The Bertz CT molecular complexity index is 711. The lowest BCUT2D eigenvalue weighted by Crippen LogP contribution is -2.20. The van der Waals surface area contributed by atoms with Gasteiger partial charge in [0, 0.05) is 22.2 Å². The van der Waals surface area contributed by atoms with Gasteiger partial charge in [-0.15, -0.1) is 0 Å². The number of anilines is 1. The van der Waals surface area contributed by atoms with Gasteiger partial charge < -0.3 is 10.4 Å². The maximum absolute atomic E-state index is 12.1. The van der Waals surface area contributed by atoms with E-state index in [2.05, 4.69) is 5.32 Å². The number of benzene rings is 2. The van der Waals surface area contributed by atoms with Crippen LogP contribution in [0.5, 0.6) is 0 Å². The molecule has 0 aliphatic rings. The van der Waals surface area contributed by atoms with Crippen molar-refractivity contribution in [1.82, 2.24) is 0 Å². The highest BCUT2D eigenvalue weighted by Crippen LogP contribution is 2.16. The van der Waals surface area contributed by atoms with Crippen molar-refractivity contribution in [1.29, 1.82) is 0 Å². The molecule has 0 aliphatic carbocycles. The van der Waals surface area contributed by atoms with Gasteiger partial charge >= 0.3 is 0 Å². The van der Waals surface area contributed by atoms with Crippen molar-refractivity contribution in [3.8, 4) is 0 Å². The van der Waals surface area contributed by atoms with Crippen LogP contribution in [0.1, 0.15) is 22.3 Å². The van der Waals surface area contributed by atoms with Gasteiger partial charge in [0.2, 0.25) is 5.91 Å². The first kappa shape index (κ1) is 17.4. The van der Waals surface area contributed by atoms with Crippen LogP contribution in [0.15, 0.2) is 42.5 Å². The second-order valence-corrected chi connectivity index (χ2v) is 7.03. The molecule has 122 valence electrons. The molecule has 0 radical (unpaired) electrons. The number of amides is 1. The zero-order valence-corrected chi connectivity index (χ0v) is 14.2. The monoisotopic (exact) mass is 331 g/mol. The van der Waals surface area contributed by atoms with Crippen molar-refractivity contribution in [3.63, 3.8) is 0 Å². The highest BCUT2D eigenvalue weighted by atomic mass is 32.2. The molecule has 5 heteroatoms. The van der Waals surface area contributed by atoms with E-state index in [0.29, 0.717) is 5.75 Å². The van der Waals surface area contributed by atoms with Gasteiger partial charge in [-0.2, -0.15) is 0 Å². The Labute approximate surface area is 139 Å². The fraction of sp³-hybridized carbons (Fsp3) is 0.278. The molecule has 1 atom stereocenters. The van der Waals surface area contributed by atoms with E-state index in [9.17, 15) is 9.00 Å². The third kappa shape index (κ3) is 5.30. The van der Waals surface area contributed by atoms with Gasteiger partial charge in [0.15, 0.2) is 0 Å². The lowest BCUT2D eigenvalue weighted by molar-refractivity contribution is -0.113. The molecule has 23 heavy (non-hydrogen) atoms. The summed E-state index contributed by atoms with van der Waals surface area (Å²) in [5.74, 6) is 0.0464. The first-order valence-electron chi connectivity index (χ1n) is 7.38. The fourth-order valence-electron chi connectivity index (χ4n) is 2.18. The molecule has 2 N–H and O–H groups in total. The van der Waals surface area contributed by atoms with Crippen LogP contribution >= 0.6 is 0 Å². The van der Waals surface area contributed by atoms with Crippen LogP contribution < -0.4 is 5.32 Å². The van der Waals surface area contributed by atoms with E-state index in [0.717, 1.165) is 27.9 Å². The van der Waals surface area contributed by atoms with Gasteiger partial charge in [-0.3, -0.25) is 9.00 Å². The van der Waals surface area contributed by atoms with Crippen LogP contribution in [0.2, 0.25) is 0 Å². The fourth-order valence-corrected chi connectivity index (χ4v) is 3.21. The molecule has 4 nitrogen and oxygen atoms in total. The summed E-state index contributed by atoms with van der Waals surface area (Å²) in [5.41, 5.74) is 4.51. The van der Waals surface area contributed by atoms with Crippen molar-refractivity contribution < 1.29 is 14.1 Å². The lowest BCUT2D eigenvalue weighted by atomic mass is 10.1. The number of aryl methyl sites for hydroxylation is 2. The predicted octanol–water partition coefficient (Wildman–Crippen LogP) is 2.68. The Kier molecular flexibility index (Phi) is 6.07. The summed E-state index contributed by atoms with van der Waals surface area (Å²) in [6, 6.07) is 13.1. The summed E-state index contributed by atoms with van der Waals surface area (Å²) >= 11 is 0. The number of aliphatic hydroxyl groups excluding tert-OH is 1. The number of carbonyl (C=O) groups excluding carboxylic acids is 1. The summed E-state index contributed by atoms with van der Waals surface area (Å²) in [5, 5.41) is 11.8. The number of rotatable bonds is 6. The highest BCUT2D eigenvalue weighted by Gasteiger charge is 2.10. The molecule has 0 bridgehead atoms. The van der Waals surface area contributed by atoms with Crippen molar-refractivity contribution in [3.05, 3.63) is 64.7 Å². The number of hydrogen-bond acceptors (Lipinski definition) is 3. The molecule has 0 fully saturated rings. The van der Waals surface area contributed by atoms with Gasteiger partial charge in [-0.25, -0.2) is 0 Å². The van der Waals surface area contributed by atoms with E-state index in [1.54, 1.807) is 12.1 Å². The molecule has 2 rings (SSSR count). The molecule has 0 aromatic heterocycles. The molecule has 2 aromatic carbocycles. The van der Waals surface area contributed by atoms with Crippen LogP contribution in [0, 0.1) is 13.8 Å². The van der Waals surface area contributed by atoms with E-state index < -0.39 is 10.8 Å². The number of nitrogens with one attached hydrogen (secondary N) is 1. The lowest BCUT2D eigenvalue weighted by Gasteiger charge is -2.09. The largest absolute Gasteiger partial charge is 0.392 e. The van der Waals surface area contributed by atoms with Crippen molar-refractivity contribution in [2.45, 2.75) is 26.2 Å². The number of carbonyl (C=O) groups is 1. The SMILES string of the molecule is Cc1ccc(C)c(NC(=O)CS(=O)Cc2ccc(CO)cc2)c1. The minimum Gasteiger partial charge on any atom is -0.392 e. The van der Waals surface area contributed by atoms with Crippen LogP contribution in [-0.2, 0) is 28.0 Å². The minimum absolute atomic E-state index is 0.0123. The number of aliphatic hydroxyl groups is 1. The Hall–Kier alpha value is -1.98. The van der Waals surface area contributed by atoms with Crippen molar-refractivity contribution in [2.75, 3.05) is 11.1 Å². The topological polar surface area (TPSA) is 66.4 Å². The predicted molar refractivity (Wildman–Crippen MR) is 93.6 cm³/mol. The van der Waals surface area contributed by atoms with Crippen molar-refractivity contribution >= 4 is 22.4 Å². The minimum atomic E-state index is -1.27. The molecule has 0 saturated carbocycles. The Balaban J connectivity index is 1.91. The molecule has 1 unspecified atom stereocenters. The summed E-state index contributed by atoms with van der Waals surface area (Å²) in [6.45, 7) is 3.87. The summed E-state index contributed by atoms with van der Waals surface area (Å²) < 4.78 is 12.1. The third-order valence-corrected chi connectivity index (χ3v) is 4.73. The highest BCUT2D eigenvalue weighted by molar-refractivity contribution is 7.84. The van der Waals surface area contributed by atoms with E-state index in [4.69, 9.17) is 5.11 Å². The third-order valence-electron chi connectivity index (χ3n) is 3.49. The molecule has 0 saturated heterocycles. The van der Waals surface area contributed by atoms with E-state index in [-0.39, 0.29) is 18.3 Å². The van der Waals surface area contributed by atoms with Crippen LogP contribution in [0.4, 0.5) is 5.69 Å². The summed E-state index contributed by atoms with van der Waals surface area (Å²) in [4.78, 5) is 12.0. The van der Waals surface area contributed by atoms with Gasteiger partial charge in [0.1, 0.15) is 5.75 Å². The number of hydrogen-bond donors (Lipinski definition) is 2. The van der Waals surface area contributed by atoms with E-state index >= 15 is 0 Å². The summed E-state index contributed by atoms with van der Waals surface area (Å²) in [6.07, 6.45) is 0. The van der Waals surface area contributed by atoms with E-state index in [1.165, 1.54) is 0 Å². The van der Waals surface area contributed by atoms with Crippen LogP contribution in [0.3, 0.4) is 0 Å². The average molecular weight is 331 g/mol. The average Bonchev–Trinajstić information content (AvgIpc) is 2.51. The standard InChI is InChI=1S/C18H21NO3S/c1-13-3-4-14(2)17(9-13)19-18(21)12-23(22)11-16-7-5-15(10-20)6-8-16/h3-9,20H,10-12H2,1-2H3,(H,19,21). The molecular formula is C18H21NO3S. The summed E-state index contributed by atoms with van der Waals surface area (Å²) in [7, 11) is -1.27. The van der Waals surface area contributed by atoms with E-state index in [1.807, 2.05) is 44.2 Å². The Morgan fingerprint density at radius 2 is 1.74 bits per heavy atom. The smallest absolute Gasteiger partial charge is 0.237 e. The van der Waals surface area contributed by atoms with Crippen molar-refractivity contribution in [2.24, 2.45) is 0 Å². The normalized spacial score (nSPS) is 12.0. The molecule has 1 amide bonds. The van der Waals surface area contributed by atoms with Gasteiger partial charge in [-0.1, -0.05) is 36.4 Å². The van der Waals surface area contributed by atoms with Crippen LogP contribution in [0.25, 0.3) is 0 Å². The molecular weight excluding hydrogens is 310 g/mol. The quantitative estimate of drug-likeness (QED) is 0.855. The second kappa shape index (κ2) is 8.04. The molecule has 0 aliphatic heterocycles. The zero-order chi connectivity index (χ0) is 16.8. The maximum Gasteiger partial charge on any atom is 0.237 e. The maximum atomic E-state index is 12.1. The van der Waals surface area contributed by atoms with Gasteiger partial charge in [0.25, 0.3) is 0 Å². The molecule has 0 spiro atoms. The first-order valence-corrected chi connectivity index (χ1v) is 8.87. The Morgan fingerprint density at radius 3 is 2.39 bits per heavy atom. The van der Waals surface area contributed by atoms with Crippen LogP contribution in [-0.4, -0.2) is 21.0 Å².